The summed E-state index contributed by atoms with van der Waals surface area (Å²) in [5.74, 6) is 0.310. The highest BCUT2D eigenvalue weighted by molar-refractivity contribution is 7.92. The van der Waals surface area contributed by atoms with Crippen molar-refractivity contribution in [3.05, 3.63) is 40.2 Å². The van der Waals surface area contributed by atoms with E-state index in [1.807, 2.05) is 0 Å². The summed E-state index contributed by atoms with van der Waals surface area (Å²) in [7, 11) is -3.60. The summed E-state index contributed by atoms with van der Waals surface area (Å²) in [6.45, 7) is 0. The van der Waals surface area contributed by atoms with Gasteiger partial charge in [-0.15, -0.1) is 11.3 Å². The number of rotatable bonds is 3. The first-order valence-electron chi connectivity index (χ1n) is 4.24. The molecular weight excluding hydrogens is 268 g/mol. The molecule has 1 N–H and O–H groups in total. The third-order valence-corrected chi connectivity index (χ3v) is 3.95. The molecule has 1 aromatic carbocycles. The molecule has 0 aliphatic heterocycles. The number of benzene rings is 1. The molecular formula is C9H7ClN2O2S2. The Morgan fingerprint density at radius 2 is 2.19 bits per heavy atom. The van der Waals surface area contributed by atoms with Crippen LogP contribution in [0.5, 0.6) is 0 Å². The summed E-state index contributed by atoms with van der Waals surface area (Å²) in [5.41, 5.74) is 1.55. The Labute approximate surface area is 102 Å². The molecule has 84 valence electrons. The van der Waals surface area contributed by atoms with Gasteiger partial charge < -0.3 is 0 Å². The van der Waals surface area contributed by atoms with Gasteiger partial charge in [-0.05, 0) is 18.2 Å². The minimum atomic E-state index is -3.60. The van der Waals surface area contributed by atoms with Gasteiger partial charge in [-0.1, -0.05) is 17.7 Å². The molecule has 0 saturated carbocycles. The molecule has 7 heteroatoms. The van der Waals surface area contributed by atoms with Gasteiger partial charge in [0.1, 0.15) is 0 Å². The smallest absolute Gasteiger partial charge is 0.263 e. The van der Waals surface area contributed by atoms with Crippen LogP contribution in [-0.4, -0.2) is 13.4 Å². The van der Waals surface area contributed by atoms with Gasteiger partial charge in [-0.2, -0.15) is 0 Å². The van der Waals surface area contributed by atoms with E-state index in [1.54, 1.807) is 23.0 Å². The number of aromatic nitrogens is 1. The van der Waals surface area contributed by atoms with Crippen molar-refractivity contribution in [1.29, 1.82) is 0 Å². The van der Waals surface area contributed by atoms with E-state index in [4.69, 9.17) is 11.6 Å². The number of hydrogen-bond donors (Lipinski definition) is 1. The Morgan fingerprint density at radius 1 is 1.38 bits per heavy atom. The fourth-order valence-corrected chi connectivity index (χ4v) is 2.95. The summed E-state index contributed by atoms with van der Waals surface area (Å²) in [6.07, 6.45) is 0. The van der Waals surface area contributed by atoms with Crippen LogP contribution in [0, 0.1) is 0 Å². The third-order valence-electron chi connectivity index (χ3n) is 1.78. The first-order valence-corrected chi connectivity index (χ1v) is 7.05. The Kier molecular flexibility index (Phi) is 3.13. The molecule has 0 radical (unpaired) electrons. The summed E-state index contributed by atoms with van der Waals surface area (Å²) >= 11 is 7.04. The van der Waals surface area contributed by atoms with Crippen molar-refractivity contribution in [2.75, 3.05) is 4.72 Å². The molecule has 2 rings (SSSR count). The molecule has 1 heterocycles. The first kappa shape index (κ1) is 11.4. The predicted octanol–water partition coefficient (Wildman–Crippen LogP) is 2.60. The van der Waals surface area contributed by atoms with Gasteiger partial charge in [-0.3, -0.25) is 4.72 Å². The van der Waals surface area contributed by atoms with Crippen LogP contribution in [0.25, 0.3) is 0 Å². The van der Waals surface area contributed by atoms with E-state index in [2.05, 4.69) is 9.71 Å². The van der Waals surface area contributed by atoms with E-state index in [0.717, 1.165) is 0 Å². The SMILES string of the molecule is O=S(=O)(Nc1cscn1)c1cccc(Cl)c1. The van der Waals surface area contributed by atoms with Gasteiger partial charge in [0, 0.05) is 10.4 Å². The average Bonchev–Trinajstić information content (AvgIpc) is 2.70. The van der Waals surface area contributed by atoms with E-state index in [9.17, 15) is 8.42 Å². The molecule has 2 aromatic rings. The number of hydrogen-bond acceptors (Lipinski definition) is 4. The number of halogens is 1. The second kappa shape index (κ2) is 4.40. The van der Waals surface area contributed by atoms with E-state index in [-0.39, 0.29) is 4.90 Å². The van der Waals surface area contributed by atoms with Crippen molar-refractivity contribution in [2.45, 2.75) is 4.90 Å². The Morgan fingerprint density at radius 3 is 2.81 bits per heavy atom. The van der Waals surface area contributed by atoms with Crippen LogP contribution < -0.4 is 4.72 Å². The highest BCUT2D eigenvalue weighted by Gasteiger charge is 2.14. The zero-order valence-corrected chi connectivity index (χ0v) is 10.3. The van der Waals surface area contributed by atoms with Crippen LogP contribution in [0.3, 0.4) is 0 Å². The maximum Gasteiger partial charge on any atom is 0.263 e. The maximum atomic E-state index is 11.8. The van der Waals surface area contributed by atoms with Gasteiger partial charge in [0.25, 0.3) is 10.0 Å². The average molecular weight is 275 g/mol. The molecule has 16 heavy (non-hydrogen) atoms. The molecule has 0 saturated heterocycles. The largest absolute Gasteiger partial charge is 0.263 e. The lowest BCUT2D eigenvalue weighted by Gasteiger charge is -2.05. The lowest BCUT2D eigenvalue weighted by atomic mass is 10.4. The molecule has 0 unspecified atom stereocenters. The van der Waals surface area contributed by atoms with Crippen molar-refractivity contribution < 1.29 is 8.42 Å². The lowest BCUT2D eigenvalue weighted by molar-refractivity contribution is 0.601. The van der Waals surface area contributed by atoms with E-state index < -0.39 is 10.0 Å². The minimum absolute atomic E-state index is 0.119. The predicted molar refractivity (Wildman–Crippen MR) is 64.4 cm³/mol. The van der Waals surface area contributed by atoms with Crippen LogP contribution in [0.1, 0.15) is 0 Å². The van der Waals surface area contributed by atoms with Gasteiger partial charge in [-0.25, -0.2) is 13.4 Å². The Bertz CT molecular complexity index is 581. The summed E-state index contributed by atoms with van der Waals surface area (Å²) in [6, 6.07) is 6.05. The molecule has 0 spiro atoms. The summed E-state index contributed by atoms with van der Waals surface area (Å²) in [4.78, 5) is 3.96. The molecule has 0 fully saturated rings. The quantitative estimate of drug-likeness (QED) is 0.936. The Hall–Kier alpha value is -1.11. The number of nitrogens with zero attached hydrogens (tertiary/aromatic N) is 1. The van der Waals surface area contributed by atoms with Crippen LogP contribution in [-0.2, 0) is 10.0 Å². The first-order chi connectivity index (χ1) is 7.58. The summed E-state index contributed by atoms with van der Waals surface area (Å²) < 4.78 is 26.0. The highest BCUT2D eigenvalue weighted by atomic mass is 35.5. The molecule has 0 amide bonds. The van der Waals surface area contributed by atoms with Gasteiger partial charge in [0.15, 0.2) is 5.82 Å². The topological polar surface area (TPSA) is 59.1 Å². The second-order valence-electron chi connectivity index (χ2n) is 2.94. The monoisotopic (exact) mass is 274 g/mol. The van der Waals surface area contributed by atoms with Crippen LogP contribution in [0.4, 0.5) is 5.82 Å². The maximum absolute atomic E-state index is 11.8. The number of anilines is 1. The van der Waals surface area contributed by atoms with Gasteiger partial charge >= 0.3 is 0 Å². The third kappa shape index (κ3) is 2.52. The molecule has 4 nitrogen and oxygen atoms in total. The molecule has 0 aliphatic carbocycles. The minimum Gasteiger partial charge on any atom is -0.263 e. The van der Waals surface area contributed by atoms with Gasteiger partial charge in [0.2, 0.25) is 0 Å². The zero-order valence-electron chi connectivity index (χ0n) is 7.92. The standard InChI is InChI=1S/C9H7ClN2O2S2/c10-7-2-1-3-8(4-7)16(13,14)12-9-5-15-6-11-9/h1-6,12H. The Balaban J connectivity index is 2.33. The lowest BCUT2D eigenvalue weighted by Crippen LogP contribution is -2.12. The highest BCUT2D eigenvalue weighted by Crippen LogP contribution is 2.18. The van der Waals surface area contributed by atoms with Crippen LogP contribution in [0.2, 0.25) is 5.02 Å². The van der Waals surface area contributed by atoms with Crippen molar-refractivity contribution >= 4 is 38.8 Å². The normalized spacial score (nSPS) is 11.3. The number of nitrogens with one attached hydrogen (secondary N) is 1. The molecule has 0 atom stereocenters. The molecule has 0 aliphatic rings. The fourth-order valence-electron chi connectivity index (χ4n) is 1.09. The molecule has 0 bridgehead atoms. The number of sulfonamides is 1. The molecule has 1 aromatic heterocycles. The van der Waals surface area contributed by atoms with Gasteiger partial charge in [0.05, 0.1) is 10.4 Å². The second-order valence-corrected chi connectivity index (χ2v) is 5.77. The van der Waals surface area contributed by atoms with Crippen molar-refractivity contribution in [1.82, 2.24) is 4.98 Å². The fraction of sp³-hybridized carbons (Fsp3) is 0. The number of thiazole rings is 1. The van der Waals surface area contributed by atoms with Crippen LogP contribution >= 0.6 is 22.9 Å². The van der Waals surface area contributed by atoms with Crippen molar-refractivity contribution in [3.8, 4) is 0 Å². The summed E-state index contributed by atoms with van der Waals surface area (Å²) in [5, 5.41) is 1.99. The van der Waals surface area contributed by atoms with E-state index in [0.29, 0.717) is 10.8 Å². The van der Waals surface area contributed by atoms with E-state index >= 15 is 0 Å². The van der Waals surface area contributed by atoms with Crippen molar-refractivity contribution in [3.63, 3.8) is 0 Å². The zero-order chi connectivity index (χ0) is 11.6. The van der Waals surface area contributed by atoms with E-state index in [1.165, 1.54) is 23.5 Å². The van der Waals surface area contributed by atoms with Crippen LogP contribution in [0.15, 0.2) is 40.1 Å². The van der Waals surface area contributed by atoms with Crippen molar-refractivity contribution in [2.24, 2.45) is 0 Å².